The van der Waals surface area contributed by atoms with Crippen molar-refractivity contribution < 1.29 is 19.4 Å². The van der Waals surface area contributed by atoms with E-state index in [0.29, 0.717) is 42.4 Å². The van der Waals surface area contributed by atoms with Gasteiger partial charge in [0.05, 0.1) is 6.61 Å². The Morgan fingerprint density at radius 3 is 2.50 bits per heavy atom. The van der Waals surface area contributed by atoms with Crippen LogP contribution in [0.1, 0.15) is 33.6 Å². The van der Waals surface area contributed by atoms with Gasteiger partial charge in [0.15, 0.2) is 0 Å². The van der Waals surface area contributed by atoms with Crippen LogP contribution in [0.3, 0.4) is 0 Å². The number of aromatic nitrogens is 1. The molecule has 0 saturated carbocycles. The Kier molecular flexibility index (Phi) is 6.45. The SMILES string of the molecule is CC(C)(C)OC(=O)N1CCC(C(=O)Nc2cccc3c(=O)n(CCO)ccc23)CC1. The van der Waals surface area contributed by atoms with Gasteiger partial charge in [-0.15, -0.1) is 0 Å². The Morgan fingerprint density at radius 2 is 1.87 bits per heavy atom. The van der Waals surface area contributed by atoms with Crippen LogP contribution in [0.5, 0.6) is 0 Å². The van der Waals surface area contributed by atoms with Crippen molar-refractivity contribution in [1.29, 1.82) is 0 Å². The normalized spacial score (nSPS) is 15.3. The van der Waals surface area contributed by atoms with Gasteiger partial charge in [-0.1, -0.05) is 6.07 Å². The number of carbonyl (C=O) groups excluding carboxylic acids is 2. The van der Waals surface area contributed by atoms with Crippen LogP contribution in [0.15, 0.2) is 35.3 Å². The molecule has 8 nitrogen and oxygen atoms in total. The molecule has 1 fully saturated rings. The molecule has 1 aromatic carbocycles. The van der Waals surface area contributed by atoms with Gasteiger partial charge in [0.25, 0.3) is 5.56 Å². The van der Waals surface area contributed by atoms with Crippen LogP contribution < -0.4 is 10.9 Å². The molecule has 2 aromatic rings. The van der Waals surface area contributed by atoms with Gasteiger partial charge in [-0.3, -0.25) is 9.59 Å². The molecule has 1 aromatic heterocycles. The minimum atomic E-state index is -0.546. The van der Waals surface area contributed by atoms with E-state index in [2.05, 4.69) is 5.32 Å². The molecule has 2 amide bonds. The number of ether oxygens (including phenoxy) is 1. The number of piperidine rings is 1. The van der Waals surface area contributed by atoms with Crippen molar-refractivity contribution in [2.24, 2.45) is 5.92 Å². The number of rotatable bonds is 4. The summed E-state index contributed by atoms with van der Waals surface area (Å²) in [5.74, 6) is -0.334. The second-order valence-corrected chi connectivity index (χ2v) is 8.54. The summed E-state index contributed by atoms with van der Waals surface area (Å²) in [6.45, 7) is 6.52. The maximum absolute atomic E-state index is 12.8. The molecule has 0 unspecified atom stereocenters. The first-order valence-electron chi connectivity index (χ1n) is 10.2. The van der Waals surface area contributed by atoms with E-state index < -0.39 is 5.60 Å². The molecule has 1 aliphatic heterocycles. The highest BCUT2D eigenvalue weighted by Crippen LogP contribution is 2.25. The smallest absolute Gasteiger partial charge is 0.410 e. The number of benzene rings is 1. The highest BCUT2D eigenvalue weighted by molar-refractivity contribution is 6.02. The molecule has 2 N–H and O–H groups in total. The zero-order chi connectivity index (χ0) is 21.9. The number of amides is 2. The van der Waals surface area contributed by atoms with Crippen molar-refractivity contribution in [2.45, 2.75) is 45.8 Å². The second kappa shape index (κ2) is 8.87. The van der Waals surface area contributed by atoms with E-state index in [0.717, 1.165) is 0 Å². The largest absolute Gasteiger partial charge is 0.444 e. The Balaban J connectivity index is 1.67. The number of carbonyl (C=O) groups is 2. The third-order valence-corrected chi connectivity index (χ3v) is 5.13. The number of fused-ring (bicyclic) bond motifs is 1. The van der Waals surface area contributed by atoms with Gasteiger partial charge < -0.3 is 24.6 Å². The van der Waals surface area contributed by atoms with Gasteiger partial charge in [-0.2, -0.15) is 0 Å². The molecule has 2 heterocycles. The van der Waals surface area contributed by atoms with E-state index in [1.165, 1.54) is 4.57 Å². The van der Waals surface area contributed by atoms with Gasteiger partial charge in [0.1, 0.15) is 5.60 Å². The summed E-state index contributed by atoms with van der Waals surface area (Å²) in [6.07, 6.45) is 2.38. The van der Waals surface area contributed by atoms with Crippen LogP contribution >= 0.6 is 0 Å². The van der Waals surface area contributed by atoms with Crippen LogP contribution in [0, 0.1) is 5.92 Å². The lowest BCUT2D eigenvalue weighted by Crippen LogP contribution is -2.43. The number of pyridine rings is 1. The molecular weight excluding hydrogens is 386 g/mol. The quantitative estimate of drug-likeness (QED) is 0.799. The van der Waals surface area contributed by atoms with Crippen molar-refractivity contribution >= 4 is 28.5 Å². The third kappa shape index (κ3) is 4.99. The Morgan fingerprint density at radius 1 is 1.17 bits per heavy atom. The topological polar surface area (TPSA) is 101 Å². The molecule has 8 heteroatoms. The predicted octanol–water partition coefficient (Wildman–Crippen LogP) is 2.58. The van der Waals surface area contributed by atoms with Crippen LogP contribution in [-0.2, 0) is 16.1 Å². The average molecular weight is 415 g/mol. The molecular formula is C22H29N3O5. The lowest BCUT2D eigenvalue weighted by Gasteiger charge is -2.33. The molecule has 30 heavy (non-hydrogen) atoms. The number of nitrogens with zero attached hydrogens (tertiary/aromatic N) is 2. The second-order valence-electron chi connectivity index (χ2n) is 8.54. The Hall–Kier alpha value is -2.87. The highest BCUT2D eigenvalue weighted by atomic mass is 16.6. The summed E-state index contributed by atoms with van der Waals surface area (Å²) in [7, 11) is 0. The summed E-state index contributed by atoms with van der Waals surface area (Å²) in [5, 5.41) is 13.2. The predicted molar refractivity (Wildman–Crippen MR) is 114 cm³/mol. The fraction of sp³-hybridized carbons (Fsp3) is 0.500. The minimum absolute atomic E-state index is 0.120. The number of nitrogens with one attached hydrogen (secondary N) is 1. The summed E-state index contributed by atoms with van der Waals surface area (Å²) in [5.41, 5.74) is -0.168. The van der Waals surface area contributed by atoms with E-state index >= 15 is 0 Å². The van der Waals surface area contributed by atoms with E-state index in [9.17, 15) is 14.4 Å². The van der Waals surface area contributed by atoms with Crippen molar-refractivity contribution in [3.63, 3.8) is 0 Å². The summed E-state index contributed by atoms with van der Waals surface area (Å²) in [6, 6.07) is 6.98. The van der Waals surface area contributed by atoms with Gasteiger partial charge in [-0.25, -0.2) is 4.79 Å². The molecule has 0 aliphatic carbocycles. The number of anilines is 1. The zero-order valence-corrected chi connectivity index (χ0v) is 17.7. The van der Waals surface area contributed by atoms with Gasteiger partial charge >= 0.3 is 6.09 Å². The van der Waals surface area contributed by atoms with Crippen molar-refractivity contribution in [3.05, 3.63) is 40.8 Å². The van der Waals surface area contributed by atoms with Crippen LogP contribution in [0.25, 0.3) is 10.8 Å². The molecule has 3 rings (SSSR count). The van der Waals surface area contributed by atoms with E-state index in [1.54, 1.807) is 35.4 Å². The molecule has 0 atom stereocenters. The standard InChI is InChI=1S/C22H29N3O5/c1-22(2,3)30-21(29)25-10-7-15(8-11-25)19(27)23-18-6-4-5-17-16(18)9-12-24(13-14-26)20(17)28/h4-6,9,12,15,26H,7-8,10-11,13-14H2,1-3H3,(H,23,27). The van der Waals surface area contributed by atoms with Crippen LogP contribution in [0.4, 0.5) is 10.5 Å². The first kappa shape index (κ1) is 21.8. The molecule has 0 spiro atoms. The van der Waals surface area contributed by atoms with Crippen LogP contribution in [-0.4, -0.2) is 51.9 Å². The van der Waals surface area contributed by atoms with Crippen molar-refractivity contribution in [1.82, 2.24) is 9.47 Å². The number of hydrogen-bond donors (Lipinski definition) is 2. The molecule has 0 bridgehead atoms. The van der Waals surface area contributed by atoms with E-state index in [-0.39, 0.29) is 36.6 Å². The van der Waals surface area contributed by atoms with Crippen molar-refractivity contribution in [2.75, 3.05) is 25.0 Å². The fourth-order valence-corrected chi connectivity index (χ4v) is 3.60. The number of aliphatic hydroxyl groups excluding tert-OH is 1. The molecule has 162 valence electrons. The zero-order valence-electron chi connectivity index (χ0n) is 17.7. The maximum Gasteiger partial charge on any atom is 0.410 e. The Labute approximate surface area is 175 Å². The fourth-order valence-electron chi connectivity index (χ4n) is 3.60. The Bertz CT molecular complexity index is 984. The van der Waals surface area contributed by atoms with Crippen LogP contribution in [0.2, 0.25) is 0 Å². The monoisotopic (exact) mass is 415 g/mol. The summed E-state index contributed by atoms with van der Waals surface area (Å²) < 4.78 is 6.84. The molecule has 0 radical (unpaired) electrons. The summed E-state index contributed by atoms with van der Waals surface area (Å²) in [4.78, 5) is 39.2. The van der Waals surface area contributed by atoms with Gasteiger partial charge in [0.2, 0.25) is 5.91 Å². The lowest BCUT2D eigenvalue weighted by atomic mass is 9.96. The average Bonchev–Trinajstić information content (AvgIpc) is 2.69. The number of hydrogen-bond acceptors (Lipinski definition) is 5. The maximum atomic E-state index is 12.8. The van der Waals surface area contributed by atoms with E-state index in [4.69, 9.17) is 9.84 Å². The molecule has 1 saturated heterocycles. The van der Waals surface area contributed by atoms with E-state index in [1.807, 2.05) is 20.8 Å². The van der Waals surface area contributed by atoms with Gasteiger partial charge in [0, 0.05) is 48.2 Å². The lowest BCUT2D eigenvalue weighted by molar-refractivity contribution is -0.121. The number of aliphatic hydroxyl groups is 1. The third-order valence-electron chi connectivity index (χ3n) is 5.13. The first-order chi connectivity index (χ1) is 14.2. The minimum Gasteiger partial charge on any atom is -0.444 e. The van der Waals surface area contributed by atoms with Gasteiger partial charge in [-0.05, 0) is 51.8 Å². The highest BCUT2D eigenvalue weighted by Gasteiger charge is 2.30. The number of likely N-dealkylation sites (tertiary alicyclic amines) is 1. The van der Waals surface area contributed by atoms with Crippen molar-refractivity contribution in [3.8, 4) is 0 Å². The first-order valence-corrected chi connectivity index (χ1v) is 10.2. The molecule has 1 aliphatic rings. The summed E-state index contributed by atoms with van der Waals surface area (Å²) >= 11 is 0.